The fourth-order valence-electron chi connectivity index (χ4n) is 3.59. The highest BCUT2D eigenvalue weighted by molar-refractivity contribution is 5.84. The lowest BCUT2D eigenvalue weighted by Gasteiger charge is -2.46. The van der Waals surface area contributed by atoms with E-state index in [4.69, 9.17) is 14.6 Å². The van der Waals surface area contributed by atoms with E-state index in [1.54, 1.807) is 0 Å². The maximum absolute atomic E-state index is 12.5. The number of aliphatic carboxylic acids is 1. The zero-order valence-electron chi connectivity index (χ0n) is 18.4. The van der Waals surface area contributed by atoms with Crippen molar-refractivity contribution in [1.82, 2.24) is 5.32 Å². The molecule has 1 aliphatic rings. The number of carboxylic acids is 1. The molecule has 0 aliphatic carbocycles. The van der Waals surface area contributed by atoms with Crippen molar-refractivity contribution in [1.29, 1.82) is 0 Å². The Morgan fingerprint density at radius 1 is 1.29 bits per heavy atom. The Labute approximate surface area is 197 Å². The number of amides is 1. The lowest BCUT2D eigenvalue weighted by Crippen LogP contribution is -2.68. The summed E-state index contributed by atoms with van der Waals surface area (Å²) >= 11 is 0. The minimum absolute atomic E-state index is 0.203. The number of hydrogen-bond donors (Lipinski definition) is 6. The molecule has 35 heavy (non-hydrogen) atoms. The number of aliphatic hydroxyl groups is 4. The molecule has 1 aromatic carbocycles. The molecule has 0 spiro atoms. The number of ether oxygens (including phenoxy) is 2. The first-order valence-corrected chi connectivity index (χ1v) is 10.4. The number of nitrogens with one attached hydrogen (secondary N) is 1. The summed E-state index contributed by atoms with van der Waals surface area (Å²) < 4.78 is 48.3. The van der Waals surface area contributed by atoms with E-state index in [2.05, 4.69) is 5.32 Å². The van der Waals surface area contributed by atoms with Crippen LogP contribution in [0.4, 0.5) is 13.2 Å². The molecular weight excluding hydrogens is 483 g/mol. The number of halogens is 3. The third-order valence-corrected chi connectivity index (χ3v) is 5.32. The molecule has 11 nitrogen and oxygen atoms in total. The number of benzene rings is 1. The van der Waals surface area contributed by atoms with Crippen LogP contribution in [0.3, 0.4) is 0 Å². The second kappa shape index (κ2) is 11.3. The summed E-state index contributed by atoms with van der Waals surface area (Å²) in [7, 11) is 0. The van der Waals surface area contributed by atoms with Gasteiger partial charge in [-0.2, -0.15) is 13.2 Å². The fraction of sp³-hybridized carbons (Fsp3) is 0.571. The van der Waals surface area contributed by atoms with Gasteiger partial charge in [-0.05, 0) is 24.1 Å². The average molecular weight is 509 g/mol. The lowest BCUT2D eigenvalue weighted by atomic mass is 9.88. The number of carboxylic acid groups (broad SMARTS) is 1. The van der Waals surface area contributed by atoms with Crippen LogP contribution in [0.15, 0.2) is 24.3 Å². The molecule has 0 saturated carbocycles. The van der Waals surface area contributed by atoms with Crippen molar-refractivity contribution in [2.45, 2.75) is 68.6 Å². The molecule has 4 unspecified atom stereocenters. The molecule has 0 aromatic heterocycles. The second-order valence-electron chi connectivity index (χ2n) is 8.05. The predicted molar refractivity (Wildman–Crippen MR) is 109 cm³/mol. The maximum atomic E-state index is 12.5. The number of aliphatic hydroxyl groups excluding tert-OH is 4. The highest BCUT2D eigenvalue weighted by Crippen LogP contribution is 2.35. The Morgan fingerprint density at radius 3 is 2.49 bits per heavy atom. The molecule has 196 valence electrons. The first-order chi connectivity index (χ1) is 16.2. The van der Waals surface area contributed by atoms with Crippen LogP contribution in [0.5, 0.6) is 5.75 Å². The van der Waals surface area contributed by atoms with Gasteiger partial charge < -0.3 is 40.3 Å². The van der Waals surface area contributed by atoms with Gasteiger partial charge in [0.2, 0.25) is 11.7 Å². The van der Waals surface area contributed by atoms with Crippen molar-refractivity contribution in [3.63, 3.8) is 0 Å². The maximum Gasteiger partial charge on any atom is 0.449 e. The zero-order chi connectivity index (χ0) is 26.6. The van der Waals surface area contributed by atoms with E-state index in [9.17, 15) is 48.0 Å². The van der Waals surface area contributed by atoms with Crippen LogP contribution in [0.2, 0.25) is 0 Å². The molecule has 0 radical (unpaired) electrons. The second-order valence-corrected chi connectivity index (χ2v) is 8.05. The molecule has 14 heteroatoms. The molecule has 1 aromatic rings. The molecule has 2 rings (SSSR count). The Balaban J connectivity index is 2.33. The monoisotopic (exact) mass is 509 g/mol. The van der Waals surface area contributed by atoms with Crippen molar-refractivity contribution in [3.05, 3.63) is 29.8 Å². The molecular formula is C21H26F3NO10. The molecule has 6 atom stereocenters. The smallest absolute Gasteiger partial charge is 0.449 e. The number of hydrogen-bond acceptors (Lipinski definition) is 9. The van der Waals surface area contributed by atoms with Crippen LogP contribution in [-0.2, 0) is 25.5 Å². The van der Waals surface area contributed by atoms with Crippen LogP contribution < -0.4 is 10.1 Å². The summed E-state index contributed by atoms with van der Waals surface area (Å²) in [6, 6.07) is 3.76. The molecule has 1 heterocycles. The van der Waals surface area contributed by atoms with E-state index in [1.165, 1.54) is 24.3 Å². The van der Waals surface area contributed by atoms with Gasteiger partial charge in [0.25, 0.3) is 0 Å². The number of Topliss-reactive ketones (excluding diaryl/α,β-unsaturated/α-hetero) is 1. The summed E-state index contributed by atoms with van der Waals surface area (Å²) in [6.45, 7) is 0.132. The Hall–Kier alpha value is -2.78. The minimum atomic E-state index is -4.99. The van der Waals surface area contributed by atoms with Crippen molar-refractivity contribution < 1.29 is 62.6 Å². The third kappa shape index (κ3) is 7.11. The van der Waals surface area contributed by atoms with Gasteiger partial charge in [0.1, 0.15) is 24.1 Å². The molecule has 6 N–H and O–H groups in total. The van der Waals surface area contributed by atoms with Gasteiger partial charge in [-0.1, -0.05) is 12.1 Å². The van der Waals surface area contributed by atoms with Gasteiger partial charge in [0.05, 0.1) is 25.2 Å². The normalized spacial score (nSPS) is 26.5. The number of carbonyl (C=O) groups is 3. The highest BCUT2D eigenvalue weighted by Gasteiger charge is 2.56. The van der Waals surface area contributed by atoms with E-state index >= 15 is 0 Å². The van der Waals surface area contributed by atoms with Crippen molar-refractivity contribution in [2.24, 2.45) is 0 Å². The summed E-state index contributed by atoms with van der Waals surface area (Å²) in [5.41, 5.74) is 0.209. The summed E-state index contributed by atoms with van der Waals surface area (Å²) in [6.07, 6.45) is -14.1. The van der Waals surface area contributed by atoms with Gasteiger partial charge in [-0.25, -0.2) is 4.79 Å². The number of ketones is 1. The van der Waals surface area contributed by atoms with Crippen LogP contribution in [0.25, 0.3) is 0 Å². The standard InChI is InChI=1S/C21H26F3NO10/c1-10(27)25-16-13(28)8-20(19(32)33,35-18(16)17(31)14(29)9-26)34-12-4-2-3-11(7-12)5-6-15(30)21(22,23)24/h2-4,7,13-14,16-18,26,28-29,31H,5-6,8-9H2,1H3,(H,25,27)(H,32,33)/t13?,14-,16?,17-,18?,20?/m1/s1. The van der Waals surface area contributed by atoms with Gasteiger partial charge in [-0.15, -0.1) is 0 Å². The molecule has 1 amide bonds. The predicted octanol–water partition coefficient (Wildman–Crippen LogP) is -0.721. The van der Waals surface area contributed by atoms with E-state index in [1.807, 2.05) is 0 Å². The van der Waals surface area contributed by atoms with Gasteiger partial charge >= 0.3 is 17.9 Å². The number of aryl methyl sites for hydroxylation is 1. The zero-order valence-corrected chi connectivity index (χ0v) is 18.4. The molecule has 0 bridgehead atoms. The minimum Gasteiger partial charge on any atom is -0.476 e. The van der Waals surface area contributed by atoms with Crippen LogP contribution >= 0.6 is 0 Å². The van der Waals surface area contributed by atoms with Gasteiger partial charge in [-0.3, -0.25) is 9.59 Å². The molecule has 1 saturated heterocycles. The largest absolute Gasteiger partial charge is 0.476 e. The molecule has 1 aliphatic heterocycles. The molecule has 1 fully saturated rings. The van der Waals surface area contributed by atoms with E-state index in [0.717, 1.165) is 6.92 Å². The van der Waals surface area contributed by atoms with Crippen LogP contribution in [0, 0.1) is 0 Å². The van der Waals surface area contributed by atoms with Gasteiger partial charge in [0.15, 0.2) is 0 Å². The lowest BCUT2D eigenvalue weighted by molar-refractivity contribution is -0.284. The number of alkyl halides is 3. The summed E-state index contributed by atoms with van der Waals surface area (Å²) in [5, 5.41) is 52.1. The number of rotatable bonds is 10. The van der Waals surface area contributed by atoms with Crippen molar-refractivity contribution in [2.75, 3.05) is 6.61 Å². The Bertz CT molecular complexity index is 927. The Morgan fingerprint density at radius 2 is 1.94 bits per heavy atom. The van der Waals surface area contributed by atoms with Gasteiger partial charge in [0, 0.05) is 13.3 Å². The first-order valence-electron chi connectivity index (χ1n) is 10.4. The topological polar surface area (TPSA) is 183 Å². The summed E-state index contributed by atoms with van der Waals surface area (Å²) in [5.74, 6) is -7.22. The average Bonchev–Trinajstić information content (AvgIpc) is 2.77. The fourth-order valence-corrected chi connectivity index (χ4v) is 3.59. The third-order valence-electron chi connectivity index (χ3n) is 5.32. The summed E-state index contributed by atoms with van der Waals surface area (Å²) in [4.78, 5) is 34.8. The van der Waals surface area contributed by atoms with E-state index in [-0.39, 0.29) is 17.7 Å². The van der Waals surface area contributed by atoms with E-state index in [0.29, 0.717) is 0 Å². The van der Waals surface area contributed by atoms with E-state index < -0.39 is 79.5 Å². The van der Waals surface area contributed by atoms with Crippen LogP contribution in [0.1, 0.15) is 25.3 Å². The highest BCUT2D eigenvalue weighted by atomic mass is 19.4. The SMILES string of the molecule is CC(=O)NC1C(O)CC(Oc2cccc(CCC(=O)C(F)(F)F)c2)(C(=O)O)OC1[C@H](O)[C@H](O)CO. The Kier molecular flexibility index (Phi) is 9.19. The quantitative estimate of drug-likeness (QED) is 0.235. The van der Waals surface area contributed by atoms with Crippen molar-refractivity contribution >= 4 is 17.7 Å². The number of carbonyl (C=O) groups excluding carboxylic acids is 2. The van der Waals surface area contributed by atoms with Crippen molar-refractivity contribution in [3.8, 4) is 5.75 Å². The first kappa shape index (κ1) is 28.5. The van der Waals surface area contributed by atoms with Crippen LogP contribution in [-0.4, -0.2) is 92.2 Å².